The first kappa shape index (κ1) is 22.7. The third-order valence-electron chi connectivity index (χ3n) is 4.53. The van der Waals surface area contributed by atoms with Crippen LogP contribution in [0.15, 0.2) is 60.2 Å². The van der Waals surface area contributed by atoms with Gasteiger partial charge in [0.25, 0.3) is 0 Å². The zero-order chi connectivity index (χ0) is 20.5. The van der Waals surface area contributed by atoms with E-state index in [1.165, 1.54) is 0 Å². The van der Waals surface area contributed by atoms with E-state index >= 15 is 0 Å². The number of aliphatic hydroxyl groups excluding tert-OH is 3. The molecule has 1 aromatic rings. The summed E-state index contributed by atoms with van der Waals surface area (Å²) in [6.07, 6.45) is 2.97. The quantitative estimate of drug-likeness (QED) is 0.432. The lowest BCUT2D eigenvalue weighted by atomic mass is 9.91. The van der Waals surface area contributed by atoms with Gasteiger partial charge in [0.15, 0.2) is 0 Å². The second-order valence-electron chi connectivity index (χ2n) is 6.76. The molecule has 4 atom stereocenters. The largest absolute Gasteiger partial charge is 0.494 e. The van der Waals surface area contributed by atoms with Crippen molar-refractivity contribution in [1.29, 1.82) is 0 Å². The first-order chi connectivity index (χ1) is 13.5. The maximum atomic E-state index is 10.4. The highest BCUT2D eigenvalue weighted by atomic mass is 35.5. The number of benzene rings is 1. The average Bonchev–Trinajstić information content (AvgIpc) is 2.67. The van der Waals surface area contributed by atoms with Crippen molar-refractivity contribution in [3.63, 3.8) is 0 Å². The fraction of sp³-hybridized carbons (Fsp3) is 0.455. The Morgan fingerprint density at radius 3 is 2.61 bits per heavy atom. The molecule has 1 heterocycles. The molecule has 1 aliphatic heterocycles. The SMILES string of the molecule is C=C(/C=C(\C=C/CCl)C1OC(CO)[C@@H](O)C[C@@H]1O)Cc1ccc(OCC)cc1. The molecule has 1 aromatic carbocycles. The third-order valence-corrected chi connectivity index (χ3v) is 4.71. The fourth-order valence-corrected chi connectivity index (χ4v) is 3.27. The molecule has 5 nitrogen and oxygen atoms in total. The van der Waals surface area contributed by atoms with Crippen LogP contribution < -0.4 is 4.74 Å². The average molecular weight is 409 g/mol. The molecule has 0 aliphatic carbocycles. The van der Waals surface area contributed by atoms with Crippen LogP contribution in [-0.2, 0) is 11.2 Å². The number of hydrogen-bond acceptors (Lipinski definition) is 5. The van der Waals surface area contributed by atoms with Crippen molar-refractivity contribution >= 4 is 11.6 Å². The minimum atomic E-state index is -0.901. The number of rotatable bonds is 9. The molecule has 0 saturated carbocycles. The summed E-state index contributed by atoms with van der Waals surface area (Å²) in [7, 11) is 0. The predicted octanol–water partition coefficient (Wildman–Crippen LogP) is 2.78. The second-order valence-corrected chi connectivity index (χ2v) is 7.07. The molecule has 2 rings (SSSR count). The molecule has 0 amide bonds. The number of halogens is 1. The first-order valence-corrected chi connectivity index (χ1v) is 9.98. The van der Waals surface area contributed by atoms with Gasteiger partial charge in [-0.25, -0.2) is 0 Å². The van der Waals surface area contributed by atoms with Gasteiger partial charge in [0.05, 0.1) is 25.4 Å². The highest BCUT2D eigenvalue weighted by Crippen LogP contribution is 2.27. The van der Waals surface area contributed by atoms with Gasteiger partial charge in [0, 0.05) is 12.3 Å². The number of alkyl halides is 1. The highest BCUT2D eigenvalue weighted by Gasteiger charge is 2.37. The van der Waals surface area contributed by atoms with E-state index in [1.54, 1.807) is 12.2 Å². The Hall–Kier alpha value is -1.63. The highest BCUT2D eigenvalue weighted by molar-refractivity contribution is 6.18. The van der Waals surface area contributed by atoms with Gasteiger partial charge in [-0.2, -0.15) is 0 Å². The van der Waals surface area contributed by atoms with E-state index in [0.29, 0.717) is 24.5 Å². The van der Waals surface area contributed by atoms with E-state index in [0.717, 1.165) is 16.9 Å². The van der Waals surface area contributed by atoms with Gasteiger partial charge >= 0.3 is 0 Å². The molecule has 2 unspecified atom stereocenters. The van der Waals surface area contributed by atoms with E-state index in [4.69, 9.17) is 21.1 Å². The van der Waals surface area contributed by atoms with Crippen molar-refractivity contribution in [2.24, 2.45) is 0 Å². The standard InChI is InChI=1S/C22H29ClO5/c1-3-27-18-8-6-16(7-9-18)11-15(2)12-17(5-4-10-23)22-20(26)13-19(25)21(14-24)28-22/h4-9,12,19-22,24-26H,2-3,10-11,13-14H2,1H3/b5-4-,17-12+/t19-,20-,21?,22?/m0/s1. The molecule has 0 spiro atoms. The molecule has 1 saturated heterocycles. The van der Waals surface area contributed by atoms with Crippen molar-refractivity contribution < 1.29 is 24.8 Å². The Morgan fingerprint density at radius 2 is 2.00 bits per heavy atom. The van der Waals surface area contributed by atoms with Crippen LogP contribution in [0.3, 0.4) is 0 Å². The van der Waals surface area contributed by atoms with Gasteiger partial charge in [-0.1, -0.05) is 42.5 Å². The molecular formula is C22H29ClO5. The Morgan fingerprint density at radius 1 is 1.29 bits per heavy atom. The molecule has 0 radical (unpaired) electrons. The maximum absolute atomic E-state index is 10.4. The molecule has 3 N–H and O–H groups in total. The predicted molar refractivity (Wildman–Crippen MR) is 111 cm³/mol. The van der Waals surface area contributed by atoms with E-state index in [-0.39, 0.29) is 13.0 Å². The monoisotopic (exact) mass is 408 g/mol. The number of ether oxygens (including phenoxy) is 2. The minimum absolute atomic E-state index is 0.132. The summed E-state index contributed by atoms with van der Waals surface area (Å²) in [5, 5.41) is 29.7. The van der Waals surface area contributed by atoms with Gasteiger partial charge in [0.2, 0.25) is 0 Å². The maximum Gasteiger partial charge on any atom is 0.119 e. The third kappa shape index (κ3) is 6.47. The van der Waals surface area contributed by atoms with Crippen LogP contribution in [0, 0.1) is 0 Å². The molecule has 28 heavy (non-hydrogen) atoms. The van der Waals surface area contributed by atoms with Gasteiger partial charge in [0.1, 0.15) is 18.0 Å². The molecule has 1 fully saturated rings. The summed E-state index contributed by atoms with van der Waals surface area (Å²) in [6, 6.07) is 7.82. The number of aliphatic hydroxyl groups is 3. The molecule has 0 aromatic heterocycles. The fourth-order valence-electron chi connectivity index (χ4n) is 3.18. The van der Waals surface area contributed by atoms with Crippen LogP contribution in [0.5, 0.6) is 5.75 Å². The summed E-state index contributed by atoms with van der Waals surface area (Å²) in [5.41, 5.74) is 2.62. The lowest BCUT2D eigenvalue weighted by molar-refractivity contribution is -0.166. The van der Waals surface area contributed by atoms with E-state index in [2.05, 4.69) is 6.58 Å². The Bertz CT molecular complexity index is 683. The lowest BCUT2D eigenvalue weighted by Crippen LogP contribution is -2.49. The van der Waals surface area contributed by atoms with E-state index in [9.17, 15) is 15.3 Å². The van der Waals surface area contributed by atoms with Crippen LogP contribution in [0.25, 0.3) is 0 Å². The summed E-state index contributed by atoms with van der Waals surface area (Å²) < 4.78 is 11.2. The molecule has 154 valence electrons. The smallest absolute Gasteiger partial charge is 0.119 e. The Kier molecular flexibility index (Phi) is 9.22. The van der Waals surface area contributed by atoms with Crippen LogP contribution >= 0.6 is 11.6 Å². The Labute approximate surface area is 171 Å². The van der Waals surface area contributed by atoms with Crippen molar-refractivity contribution in [1.82, 2.24) is 0 Å². The summed E-state index contributed by atoms with van der Waals surface area (Å²) in [5.74, 6) is 1.14. The number of hydrogen-bond donors (Lipinski definition) is 3. The van der Waals surface area contributed by atoms with Gasteiger partial charge in [-0.3, -0.25) is 0 Å². The molecule has 1 aliphatic rings. The van der Waals surface area contributed by atoms with Gasteiger partial charge in [-0.05, 0) is 36.6 Å². The van der Waals surface area contributed by atoms with Crippen molar-refractivity contribution in [2.75, 3.05) is 19.1 Å². The zero-order valence-electron chi connectivity index (χ0n) is 16.1. The van der Waals surface area contributed by atoms with E-state index < -0.39 is 24.4 Å². The van der Waals surface area contributed by atoms with E-state index in [1.807, 2.05) is 37.3 Å². The summed E-state index contributed by atoms with van der Waals surface area (Å²) in [6.45, 7) is 6.37. The van der Waals surface area contributed by atoms with Crippen molar-refractivity contribution in [3.8, 4) is 5.75 Å². The summed E-state index contributed by atoms with van der Waals surface area (Å²) >= 11 is 5.78. The van der Waals surface area contributed by atoms with Crippen molar-refractivity contribution in [3.05, 3.63) is 65.8 Å². The topological polar surface area (TPSA) is 79.2 Å². The van der Waals surface area contributed by atoms with Crippen molar-refractivity contribution in [2.45, 2.75) is 44.2 Å². The first-order valence-electron chi connectivity index (χ1n) is 9.44. The zero-order valence-corrected chi connectivity index (χ0v) is 16.9. The lowest BCUT2D eigenvalue weighted by Gasteiger charge is -2.37. The van der Waals surface area contributed by atoms with Crippen LogP contribution in [0.4, 0.5) is 0 Å². The molecule has 6 heteroatoms. The van der Waals surface area contributed by atoms with Gasteiger partial charge in [-0.15, -0.1) is 11.6 Å². The van der Waals surface area contributed by atoms with Crippen LogP contribution in [-0.4, -0.2) is 58.8 Å². The van der Waals surface area contributed by atoms with Crippen LogP contribution in [0.2, 0.25) is 0 Å². The van der Waals surface area contributed by atoms with Crippen LogP contribution in [0.1, 0.15) is 18.9 Å². The van der Waals surface area contributed by atoms with Gasteiger partial charge < -0.3 is 24.8 Å². The normalized spacial score (nSPS) is 25.8. The summed E-state index contributed by atoms with van der Waals surface area (Å²) in [4.78, 5) is 0. The molecular weight excluding hydrogens is 380 g/mol. The molecule has 0 bridgehead atoms. The Balaban J connectivity index is 2.15. The minimum Gasteiger partial charge on any atom is -0.494 e. The second kappa shape index (κ2) is 11.4. The number of allylic oxidation sites excluding steroid dienone is 3.